The molecule has 0 aliphatic carbocycles. The lowest BCUT2D eigenvalue weighted by molar-refractivity contribution is 0.239. The van der Waals surface area contributed by atoms with Crippen LogP contribution in [0, 0.1) is 0 Å². The fourth-order valence-corrected chi connectivity index (χ4v) is 2.56. The smallest absolute Gasteiger partial charge is 0.215 e. The van der Waals surface area contributed by atoms with Gasteiger partial charge in [0.2, 0.25) is 10.0 Å². The van der Waals surface area contributed by atoms with Gasteiger partial charge in [0.15, 0.2) is 0 Å². The van der Waals surface area contributed by atoms with E-state index in [0.717, 1.165) is 39.1 Å². The summed E-state index contributed by atoms with van der Waals surface area (Å²) in [6.45, 7) is 9.05. The summed E-state index contributed by atoms with van der Waals surface area (Å²) in [6.07, 6.45) is 2.26. The molecule has 1 saturated heterocycles. The lowest BCUT2D eigenvalue weighted by Crippen LogP contribution is -2.44. The van der Waals surface area contributed by atoms with Gasteiger partial charge in [0.25, 0.3) is 0 Å². The first-order valence-electron chi connectivity index (χ1n) is 5.65. The lowest BCUT2D eigenvalue weighted by Gasteiger charge is -2.26. The van der Waals surface area contributed by atoms with E-state index < -0.39 is 10.0 Å². The Labute approximate surface area is 97.9 Å². The fraction of sp³-hybridized carbons (Fsp3) is 0.800. The molecule has 0 bridgehead atoms. The van der Waals surface area contributed by atoms with E-state index in [9.17, 15) is 8.42 Å². The zero-order valence-corrected chi connectivity index (χ0v) is 10.4. The van der Waals surface area contributed by atoms with Crippen LogP contribution in [0.3, 0.4) is 0 Å². The van der Waals surface area contributed by atoms with Crippen molar-refractivity contribution < 1.29 is 8.42 Å². The predicted molar refractivity (Wildman–Crippen MR) is 65.9 cm³/mol. The zero-order chi connectivity index (χ0) is 11.9. The van der Waals surface area contributed by atoms with Crippen LogP contribution >= 0.6 is 0 Å². The summed E-state index contributed by atoms with van der Waals surface area (Å²) >= 11 is 0. The van der Waals surface area contributed by atoms with E-state index in [1.165, 1.54) is 6.08 Å². The highest BCUT2D eigenvalue weighted by Crippen LogP contribution is 1.94. The Morgan fingerprint density at radius 2 is 2.06 bits per heavy atom. The molecular weight excluding hydrogens is 226 g/mol. The Balaban J connectivity index is 2.09. The molecule has 5 nitrogen and oxygen atoms in total. The van der Waals surface area contributed by atoms with Gasteiger partial charge < -0.3 is 10.2 Å². The summed E-state index contributed by atoms with van der Waals surface area (Å²) in [4.78, 5) is 2.35. The molecule has 0 saturated carbocycles. The molecule has 2 N–H and O–H groups in total. The Morgan fingerprint density at radius 1 is 1.38 bits per heavy atom. The number of nitrogens with zero attached hydrogens (tertiary/aromatic N) is 1. The van der Waals surface area contributed by atoms with Crippen molar-refractivity contribution in [3.63, 3.8) is 0 Å². The van der Waals surface area contributed by atoms with Crippen molar-refractivity contribution in [1.82, 2.24) is 14.9 Å². The summed E-state index contributed by atoms with van der Waals surface area (Å²) < 4.78 is 25.1. The number of sulfonamides is 1. The van der Waals surface area contributed by atoms with Gasteiger partial charge in [-0.2, -0.15) is 0 Å². The first kappa shape index (κ1) is 13.6. The highest BCUT2D eigenvalue weighted by molar-refractivity contribution is 7.89. The van der Waals surface area contributed by atoms with Gasteiger partial charge in [0.1, 0.15) is 0 Å². The molecule has 1 aliphatic heterocycles. The van der Waals surface area contributed by atoms with E-state index in [-0.39, 0.29) is 5.75 Å². The van der Waals surface area contributed by atoms with Crippen molar-refractivity contribution in [2.75, 3.05) is 45.0 Å². The Bertz CT molecular complexity index is 297. The van der Waals surface area contributed by atoms with Crippen LogP contribution in [0.15, 0.2) is 12.7 Å². The minimum absolute atomic E-state index is 0.000629. The van der Waals surface area contributed by atoms with Crippen molar-refractivity contribution in [2.45, 2.75) is 6.42 Å². The molecule has 1 aliphatic rings. The van der Waals surface area contributed by atoms with E-state index in [0.29, 0.717) is 6.54 Å². The number of hydrogen-bond donors (Lipinski definition) is 2. The highest BCUT2D eigenvalue weighted by Gasteiger charge is 2.10. The largest absolute Gasteiger partial charge is 0.314 e. The number of piperazine rings is 1. The molecule has 0 aromatic carbocycles. The van der Waals surface area contributed by atoms with Crippen molar-refractivity contribution in [2.24, 2.45) is 0 Å². The van der Waals surface area contributed by atoms with Gasteiger partial charge in [0, 0.05) is 32.7 Å². The van der Waals surface area contributed by atoms with Gasteiger partial charge in [0.05, 0.1) is 5.75 Å². The maximum atomic E-state index is 11.3. The summed E-state index contributed by atoms with van der Waals surface area (Å²) in [7, 11) is -3.13. The van der Waals surface area contributed by atoms with Crippen LogP contribution in [0.4, 0.5) is 0 Å². The Kier molecular flexibility index (Phi) is 5.97. The van der Waals surface area contributed by atoms with E-state index in [2.05, 4.69) is 21.5 Å². The summed E-state index contributed by atoms with van der Waals surface area (Å²) in [5.41, 5.74) is 0. The van der Waals surface area contributed by atoms with Gasteiger partial charge >= 0.3 is 0 Å². The molecular formula is C10H21N3O2S. The standard InChI is InChI=1S/C10H21N3O2S/c1-2-10-16(14,15)12-4-3-7-13-8-5-11-6-9-13/h2,11-12H,1,3-10H2. The van der Waals surface area contributed by atoms with Crippen molar-refractivity contribution in [1.29, 1.82) is 0 Å². The molecule has 1 rings (SSSR count). The SMILES string of the molecule is C=CCS(=O)(=O)NCCCN1CCNCC1. The quantitative estimate of drug-likeness (QED) is 0.465. The Hall–Kier alpha value is -0.430. The first-order chi connectivity index (χ1) is 7.64. The van der Waals surface area contributed by atoms with Crippen molar-refractivity contribution in [3.8, 4) is 0 Å². The van der Waals surface area contributed by atoms with Crippen LogP contribution in [0.25, 0.3) is 0 Å². The minimum Gasteiger partial charge on any atom is -0.314 e. The van der Waals surface area contributed by atoms with Crippen LogP contribution in [-0.4, -0.2) is 58.3 Å². The second-order valence-corrected chi connectivity index (χ2v) is 5.76. The molecule has 94 valence electrons. The molecule has 0 aromatic rings. The molecule has 0 atom stereocenters. The van der Waals surface area contributed by atoms with Crippen LogP contribution in [-0.2, 0) is 10.0 Å². The number of hydrogen-bond acceptors (Lipinski definition) is 4. The fourth-order valence-electron chi connectivity index (χ4n) is 1.68. The molecule has 0 amide bonds. The van der Waals surface area contributed by atoms with Gasteiger partial charge in [-0.1, -0.05) is 6.08 Å². The van der Waals surface area contributed by atoms with Gasteiger partial charge in [-0.25, -0.2) is 13.1 Å². The molecule has 16 heavy (non-hydrogen) atoms. The molecule has 0 radical (unpaired) electrons. The molecule has 0 aromatic heterocycles. The van der Waals surface area contributed by atoms with E-state index >= 15 is 0 Å². The minimum atomic E-state index is -3.13. The third-order valence-electron chi connectivity index (χ3n) is 2.52. The maximum absolute atomic E-state index is 11.3. The number of rotatable bonds is 7. The second-order valence-electron chi connectivity index (χ2n) is 3.91. The Morgan fingerprint density at radius 3 is 2.69 bits per heavy atom. The third-order valence-corrected chi connectivity index (χ3v) is 3.84. The van der Waals surface area contributed by atoms with Crippen LogP contribution in [0.1, 0.15) is 6.42 Å². The van der Waals surface area contributed by atoms with E-state index in [4.69, 9.17) is 0 Å². The highest BCUT2D eigenvalue weighted by atomic mass is 32.2. The summed E-state index contributed by atoms with van der Waals surface area (Å²) in [6, 6.07) is 0. The van der Waals surface area contributed by atoms with Crippen molar-refractivity contribution in [3.05, 3.63) is 12.7 Å². The second kappa shape index (κ2) is 7.01. The van der Waals surface area contributed by atoms with Crippen molar-refractivity contribution >= 4 is 10.0 Å². The molecule has 6 heteroatoms. The van der Waals surface area contributed by atoms with Gasteiger partial charge in [-0.3, -0.25) is 0 Å². The van der Waals surface area contributed by atoms with Crippen LogP contribution in [0.5, 0.6) is 0 Å². The molecule has 1 fully saturated rings. The average molecular weight is 247 g/mol. The maximum Gasteiger partial charge on any atom is 0.215 e. The molecule has 0 unspecified atom stereocenters. The predicted octanol–water partition coefficient (Wildman–Crippen LogP) is -0.613. The van der Waals surface area contributed by atoms with E-state index in [1.807, 2.05) is 0 Å². The van der Waals surface area contributed by atoms with Crippen LogP contribution in [0.2, 0.25) is 0 Å². The molecule has 0 spiro atoms. The van der Waals surface area contributed by atoms with Gasteiger partial charge in [-0.05, 0) is 13.0 Å². The normalized spacial score (nSPS) is 18.5. The van der Waals surface area contributed by atoms with E-state index in [1.54, 1.807) is 0 Å². The average Bonchev–Trinajstić information content (AvgIpc) is 2.26. The summed E-state index contributed by atoms with van der Waals surface area (Å²) in [5.74, 6) is 0.000629. The first-order valence-corrected chi connectivity index (χ1v) is 7.30. The third kappa shape index (κ3) is 5.60. The topological polar surface area (TPSA) is 61.4 Å². The monoisotopic (exact) mass is 247 g/mol. The summed E-state index contributed by atoms with van der Waals surface area (Å²) in [5, 5.41) is 3.28. The zero-order valence-electron chi connectivity index (χ0n) is 9.61. The number of nitrogens with one attached hydrogen (secondary N) is 2. The lowest BCUT2D eigenvalue weighted by atomic mass is 10.3. The molecule has 1 heterocycles. The van der Waals surface area contributed by atoms with Crippen LogP contribution < -0.4 is 10.0 Å². The van der Waals surface area contributed by atoms with Gasteiger partial charge in [-0.15, -0.1) is 6.58 Å².